The monoisotopic (exact) mass is 449 g/mol. The highest BCUT2D eigenvalue weighted by Gasteiger charge is 2.45. The van der Waals surface area contributed by atoms with Crippen molar-refractivity contribution < 1.29 is 5.21 Å². The van der Waals surface area contributed by atoms with Gasteiger partial charge >= 0.3 is 0 Å². The zero-order valence-corrected chi connectivity index (χ0v) is 19.3. The van der Waals surface area contributed by atoms with Gasteiger partial charge in [-0.3, -0.25) is 9.69 Å². The molecule has 4 fully saturated rings. The van der Waals surface area contributed by atoms with Crippen molar-refractivity contribution in [2.24, 2.45) is 22.7 Å². The number of nitrogens with two attached hydrogens (primary N) is 1. The Bertz CT molecular complexity index is 1100. The lowest BCUT2D eigenvalue weighted by molar-refractivity contribution is -0.0485. The van der Waals surface area contributed by atoms with E-state index in [1.54, 1.807) is 0 Å². The third-order valence-electron chi connectivity index (χ3n) is 9.04. The number of nitrogens with zero attached hydrogens (tertiary/aromatic N) is 4. The van der Waals surface area contributed by atoms with Crippen molar-refractivity contribution in [3.8, 4) is 0 Å². The molecule has 4 aliphatic rings. The molecule has 0 amide bonds. The van der Waals surface area contributed by atoms with Crippen LogP contribution in [0.3, 0.4) is 0 Å². The van der Waals surface area contributed by atoms with Crippen LogP contribution in [0.2, 0.25) is 0 Å². The summed E-state index contributed by atoms with van der Waals surface area (Å²) in [5, 5.41) is 12.3. The molecule has 4 bridgehead atoms. The molecule has 2 aromatic rings. The predicted molar refractivity (Wildman–Crippen MR) is 129 cm³/mol. The van der Waals surface area contributed by atoms with Crippen LogP contribution in [0.4, 0.5) is 0 Å². The molecular formula is C26H35N5O2. The van der Waals surface area contributed by atoms with Crippen molar-refractivity contribution in [3.05, 3.63) is 40.3 Å². The van der Waals surface area contributed by atoms with E-state index in [1.807, 2.05) is 28.8 Å². The number of amidine groups is 1. The minimum absolute atomic E-state index is 0.0453. The first-order chi connectivity index (χ1) is 16.1. The van der Waals surface area contributed by atoms with Gasteiger partial charge < -0.3 is 15.5 Å². The second-order valence-corrected chi connectivity index (χ2v) is 10.9. The van der Waals surface area contributed by atoms with Gasteiger partial charge in [-0.15, -0.1) is 0 Å². The molecule has 1 aromatic heterocycles. The number of hydrogen-bond acceptors (Lipinski definition) is 5. The molecule has 2 aliphatic carbocycles. The highest BCUT2D eigenvalue weighted by molar-refractivity contribution is 5.96. The number of para-hydroxylation sites is 2. The topological polar surface area (TPSA) is 96.7 Å². The number of aromatic nitrogens is 2. The van der Waals surface area contributed by atoms with Gasteiger partial charge in [-0.25, -0.2) is 4.98 Å². The molecule has 7 nitrogen and oxygen atoms in total. The van der Waals surface area contributed by atoms with Crippen molar-refractivity contribution in [2.45, 2.75) is 94.8 Å². The van der Waals surface area contributed by atoms with E-state index in [2.05, 4.69) is 15.0 Å². The summed E-state index contributed by atoms with van der Waals surface area (Å²) in [4.78, 5) is 20.9. The minimum Gasteiger partial charge on any atom is -0.409 e. The van der Waals surface area contributed by atoms with Crippen LogP contribution in [0, 0.1) is 11.8 Å². The molecule has 1 aromatic carbocycles. The lowest BCUT2D eigenvalue weighted by Crippen LogP contribution is -2.58. The Kier molecular flexibility index (Phi) is 5.40. The summed E-state index contributed by atoms with van der Waals surface area (Å²) < 4.78 is 1.91. The van der Waals surface area contributed by atoms with Crippen molar-refractivity contribution in [3.63, 3.8) is 0 Å². The van der Waals surface area contributed by atoms with Gasteiger partial charge in [-0.05, 0) is 68.9 Å². The third kappa shape index (κ3) is 3.65. The van der Waals surface area contributed by atoms with E-state index in [0.717, 1.165) is 36.2 Å². The number of rotatable bonds is 3. The molecule has 2 aliphatic heterocycles. The zero-order chi connectivity index (χ0) is 22.5. The van der Waals surface area contributed by atoms with E-state index in [4.69, 9.17) is 5.73 Å². The van der Waals surface area contributed by atoms with Crippen LogP contribution in [-0.2, 0) is 0 Å². The van der Waals surface area contributed by atoms with E-state index >= 15 is 0 Å². The summed E-state index contributed by atoms with van der Waals surface area (Å²) in [5.41, 5.74) is 7.22. The van der Waals surface area contributed by atoms with Crippen LogP contribution < -0.4 is 11.3 Å². The lowest BCUT2D eigenvalue weighted by Gasteiger charge is -2.55. The van der Waals surface area contributed by atoms with Gasteiger partial charge in [0.05, 0.1) is 11.0 Å². The molecule has 3 heterocycles. The van der Waals surface area contributed by atoms with Gasteiger partial charge in [-0.1, -0.05) is 43.0 Å². The molecule has 6 atom stereocenters. The van der Waals surface area contributed by atoms with E-state index < -0.39 is 0 Å². The summed E-state index contributed by atoms with van der Waals surface area (Å²) in [7, 11) is 0. The number of oxime groups is 1. The maximum atomic E-state index is 13.5. The average Bonchev–Trinajstić information content (AvgIpc) is 2.82. The summed E-state index contributed by atoms with van der Waals surface area (Å²) in [5.74, 6) is 1.64. The Hall–Kier alpha value is -2.41. The molecule has 33 heavy (non-hydrogen) atoms. The molecule has 6 rings (SSSR count). The largest absolute Gasteiger partial charge is 0.409 e. The predicted octanol–water partition coefficient (Wildman–Crippen LogP) is 4.02. The van der Waals surface area contributed by atoms with Gasteiger partial charge in [-0.2, -0.15) is 0 Å². The number of hydrogen-bond donors (Lipinski definition) is 2. The molecule has 0 spiro atoms. The van der Waals surface area contributed by atoms with Crippen molar-refractivity contribution in [1.82, 2.24) is 14.5 Å². The summed E-state index contributed by atoms with van der Waals surface area (Å²) in [6.45, 7) is 0. The normalized spacial score (nSPS) is 35.0. The molecule has 2 saturated carbocycles. The van der Waals surface area contributed by atoms with Crippen LogP contribution in [-0.4, -0.2) is 43.6 Å². The average molecular weight is 450 g/mol. The molecule has 2 saturated heterocycles. The van der Waals surface area contributed by atoms with Crippen LogP contribution in [0.15, 0.2) is 34.2 Å². The standard InChI is InChI=1S/C26H35N5O2/c27-25(29-33)24-26(32)31(23-10-2-1-9-22(23)28-24)21-14-18-7-4-8-19(15-21)30(18)20-12-16-5-3-6-17(11-16)13-20/h1-2,9-10,16-21,33H,3-8,11-15H2,(H2,27,29)/t16-,17+,18-,19+,20?,21+. The first-order valence-electron chi connectivity index (χ1n) is 12.9. The van der Waals surface area contributed by atoms with Crippen LogP contribution in [0.25, 0.3) is 11.0 Å². The SMILES string of the molecule is N/C(=N\O)c1nc2ccccc2n([C@H]2C[C@H]3CCC[C@@H](C2)N3C2C[C@H]3CCC[C@@H](C2)C3)c1=O. The summed E-state index contributed by atoms with van der Waals surface area (Å²) in [6.07, 6.45) is 14.2. The Morgan fingerprint density at radius 3 is 2.27 bits per heavy atom. The molecule has 176 valence electrons. The number of fused-ring (bicyclic) bond motifs is 5. The number of benzene rings is 1. The van der Waals surface area contributed by atoms with Crippen LogP contribution in [0.5, 0.6) is 0 Å². The Morgan fingerprint density at radius 2 is 1.58 bits per heavy atom. The lowest BCUT2D eigenvalue weighted by atomic mass is 9.68. The van der Waals surface area contributed by atoms with E-state index in [-0.39, 0.29) is 23.1 Å². The third-order valence-corrected chi connectivity index (χ3v) is 9.04. The second-order valence-electron chi connectivity index (χ2n) is 10.9. The van der Waals surface area contributed by atoms with Gasteiger partial charge in [0, 0.05) is 24.2 Å². The van der Waals surface area contributed by atoms with Crippen molar-refractivity contribution in [2.75, 3.05) is 0 Å². The van der Waals surface area contributed by atoms with E-state index in [9.17, 15) is 10.0 Å². The van der Waals surface area contributed by atoms with Gasteiger partial charge in [0.15, 0.2) is 11.5 Å². The fourth-order valence-electron chi connectivity index (χ4n) is 7.87. The van der Waals surface area contributed by atoms with Crippen LogP contribution in [0.1, 0.15) is 82.4 Å². The highest BCUT2D eigenvalue weighted by atomic mass is 16.4. The van der Waals surface area contributed by atoms with E-state index in [0.29, 0.717) is 17.6 Å². The fourth-order valence-corrected chi connectivity index (χ4v) is 7.87. The zero-order valence-electron chi connectivity index (χ0n) is 19.3. The van der Waals surface area contributed by atoms with Gasteiger partial charge in [0.2, 0.25) is 0 Å². The molecular weight excluding hydrogens is 414 g/mol. The Labute approximate surface area is 194 Å². The fraction of sp³-hybridized carbons (Fsp3) is 0.654. The smallest absolute Gasteiger partial charge is 0.281 e. The molecule has 1 unspecified atom stereocenters. The first kappa shape index (κ1) is 21.1. The molecule has 3 N–H and O–H groups in total. The van der Waals surface area contributed by atoms with E-state index in [1.165, 1.54) is 57.8 Å². The quantitative estimate of drug-likeness (QED) is 0.319. The summed E-state index contributed by atoms with van der Waals surface area (Å²) >= 11 is 0. The first-order valence-corrected chi connectivity index (χ1v) is 12.9. The van der Waals surface area contributed by atoms with Gasteiger partial charge in [0.25, 0.3) is 5.56 Å². The number of piperidine rings is 2. The summed E-state index contributed by atoms with van der Waals surface area (Å²) in [6, 6.07) is 9.67. The van der Waals surface area contributed by atoms with Crippen molar-refractivity contribution in [1.29, 1.82) is 0 Å². The second kappa shape index (κ2) is 8.42. The van der Waals surface area contributed by atoms with Crippen molar-refractivity contribution >= 4 is 16.9 Å². The van der Waals surface area contributed by atoms with Crippen LogP contribution >= 0.6 is 0 Å². The minimum atomic E-state index is -0.243. The maximum Gasteiger partial charge on any atom is 0.281 e. The Morgan fingerprint density at radius 1 is 0.909 bits per heavy atom. The Balaban J connectivity index is 1.35. The highest BCUT2D eigenvalue weighted by Crippen LogP contribution is 2.47. The van der Waals surface area contributed by atoms with Gasteiger partial charge in [0.1, 0.15) is 0 Å². The molecule has 0 radical (unpaired) electrons. The maximum absolute atomic E-state index is 13.5. The molecule has 7 heteroatoms.